The highest BCUT2D eigenvalue weighted by Crippen LogP contribution is 2.29. The molecule has 24 heavy (non-hydrogen) atoms. The highest BCUT2D eigenvalue weighted by molar-refractivity contribution is 8.00. The molecule has 1 saturated heterocycles. The van der Waals surface area contributed by atoms with Crippen molar-refractivity contribution in [2.75, 3.05) is 18.9 Å². The van der Waals surface area contributed by atoms with Gasteiger partial charge in [0.05, 0.1) is 23.5 Å². The van der Waals surface area contributed by atoms with Crippen LogP contribution in [-0.2, 0) is 14.3 Å². The number of ether oxygens (including phenoxy) is 1. The molecule has 1 fully saturated rings. The maximum atomic E-state index is 12.0. The zero-order valence-electron chi connectivity index (χ0n) is 14.4. The van der Waals surface area contributed by atoms with Gasteiger partial charge in [-0.3, -0.25) is 4.79 Å². The second-order valence-electron chi connectivity index (χ2n) is 5.94. The lowest BCUT2D eigenvalue weighted by atomic mass is 10.1. The molecule has 1 rings (SSSR count). The number of aliphatic carboxylic acids is 1. The van der Waals surface area contributed by atoms with Crippen LogP contribution in [0.1, 0.15) is 51.9 Å². The van der Waals surface area contributed by atoms with E-state index >= 15 is 0 Å². The van der Waals surface area contributed by atoms with Crippen LogP contribution >= 0.6 is 11.8 Å². The highest BCUT2D eigenvalue weighted by Gasteiger charge is 2.30. The molecule has 1 aliphatic heterocycles. The van der Waals surface area contributed by atoms with Gasteiger partial charge in [0.1, 0.15) is 0 Å². The number of nitrogens with zero attached hydrogens (tertiary/aromatic N) is 1. The molecule has 1 amide bonds. The average Bonchev–Trinajstić information content (AvgIpc) is 2.89. The van der Waals surface area contributed by atoms with Gasteiger partial charge in [-0.15, -0.1) is 11.8 Å². The molecular weight excluding hydrogens is 330 g/mol. The van der Waals surface area contributed by atoms with E-state index in [4.69, 9.17) is 9.84 Å². The molecule has 0 aromatic carbocycles. The minimum Gasteiger partial charge on any atom is -0.490 e. The molecule has 2 N–H and O–H groups in total. The van der Waals surface area contributed by atoms with Crippen molar-refractivity contribution in [3.63, 3.8) is 0 Å². The predicted octanol–water partition coefficient (Wildman–Crippen LogP) is 2.61. The lowest BCUT2D eigenvalue weighted by Gasteiger charge is -2.24. The number of carbonyl (C=O) groups is 2. The number of carboxylic acids is 1. The number of amides is 1. The Balaban J connectivity index is 2.26. The SMILES string of the molecule is CCCCCC(O)CCC1SCC(=O)N1CC/C=C\OCC(=O)O. The normalized spacial score (nSPS) is 19.2. The first-order chi connectivity index (χ1) is 11.5. The fraction of sp³-hybridized carbons (Fsp3) is 0.765. The third kappa shape index (κ3) is 8.59. The summed E-state index contributed by atoms with van der Waals surface area (Å²) in [6, 6.07) is 0. The van der Waals surface area contributed by atoms with Crippen molar-refractivity contribution >= 4 is 23.6 Å². The largest absolute Gasteiger partial charge is 0.490 e. The van der Waals surface area contributed by atoms with Gasteiger partial charge in [-0.05, 0) is 31.8 Å². The standard InChI is InChI=1S/C17H29NO5S/c1-2-3-4-7-14(19)8-9-16-18(15(20)13-24-16)10-5-6-11-23-12-17(21)22/h6,11,14,16,19H,2-5,7-10,12-13H2,1H3,(H,21,22)/b11-6-. The van der Waals surface area contributed by atoms with Gasteiger partial charge in [0.15, 0.2) is 6.61 Å². The average molecular weight is 359 g/mol. The summed E-state index contributed by atoms with van der Waals surface area (Å²) in [5.74, 6) is -0.385. The molecular formula is C17H29NO5S. The molecule has 2 atom stereocenters. The molecule has 0 bridgehead atoms. The quantitative estimate of drug-likeness (QED) is 0.388. The zero-order chi connectivity index (χ0) is 17.8. The summed E-state index contributed by atoms with van der Waals surface area (Å²) >= 11 is 1.63. The molecule has 0 radical (unpaired) electrons. The molecule has 7 heteroatoms. The Labute approximate surface area is 148 Å². The summed E-state index contributed by atoms with van der Waals surface area (Å²) in [4.78, 5) is 24.1. The summed E-state index contributed by atoms with van der Waals surface area (Å²) in [6.07, 6.45) is 9.17. The molecule has 2 unspecified atom stereocenters. The second kappa shape index (κ2) is 12.2. The number of aliphatic hydroxyl groups excluding tert-OH is 1. The minimum absolute atomic E-state index is 0.130. The van der Waals surface area contributed by atoms with Crippen molar-refractivity contribution < 1.29 is 24.5 Å². The van der Waals surface area contributed by atoms with Gasteiger partial charge in [-0.2, -0.15) is 0 Å². The van der Waals surface area contributed by atoms with Crippen LogP contribution in [0.3, 0.4) is 0 Å². The first-order valence-corrected chi connectivity index (χ1v) is 9.67. The Morgan fingerprint density at radius 3 is 2.96 bits per heavy atom. The number of hydrogen-bond donors (Lipinski definition) is 2. The second-order valence-corrected chi connectivity index (χ2v) is 7.11. The van der Waals surface area contributed by atoms with E-state index in [1.54, 1.807) is 17.8 Å². The summed E-state index contributed by atoms with van der Waals surface area (Å²) in [5, 5.41) is 18.6. The molecule has 6 nitrogen and oxygen atoms in total. The summed E-state index contributed by atoms with van der Waals surface area (Å²) in [6.45, 7) is 2.38. The Morgan fingerprint density at radius 2 is 2.25 bits per heavy atom. The molecule has 0 aromatic rings. The van der Waals surface area contributed by atoms with E-state index in [9.17, 15) is 14.7 Å². The smallest absolute Gasteiger partial charge is 0.341 e. The van der Waals surface area contributed by atoms with E-state index in [-0.39, 0.29) is 24.0 Å². The van der Waals surface area contributed by atoms with E-state index in [2.05, 4.69) is 6.92 Å². The Bertz CT molecular complexity index is 416. The maximum Gasteiger partial charge on any atom is 0.341 e. The lowest BCUT2D eigenvalue weighted by molar-refractivity contribution is -0.140. The van der Waals surface area contributed by atoms with Gasteiger partial charge in [0, 0.05) is 6.54 Å². The number of hydrogen-bond acceptors (Lipinski definition) is 5. The van der Waals surface area contributed by atoms with Gasteiger partial charge in [0.2, 0.25) is 5.91 Å². The van der Waals surface area contributed by atoms with Crippen LogP contribution in [0.4, 0.5) is 0 Å². The predicted molar refractivity (Wildman–Crippen MR) is 94.7 cm³/mol. The summed E-state index contributed by atoms with van der Waals surface area (Å²) < 4.78 is 4.82. The van der Waals surface area contributed by atoms with Crippen molar-refractivity contribution in [2.45, 2.75) is 63.3 Å². The monoisotopic (exact) mass is 359 g/mol. The van der Waals surface area contributed by atoms with Crippen LogP contribution in [0.2, 0.25) is 0 Å². The van der Waals surface area contributed by atoms with E-state index < -0.39 is 5.97 Å². The van der Waals surface area contributed by atoms with E-state index in [1.165, 1.54) is 6.26 Å². The molecule has 0 aromatic heterocycles. The molecule has 1 aliphatic rings. The number of carboxylic acid groups (broad SMARTS) is 1. The third-order valence-electron chi connectivity index (χ3n) is 3.89. The van der Waals surface area contributed by atoms with Crippen LogP contribution in [0.5, 0.6) is 0 Å². The fourth-order valence-electron chi connectivity index (χ4n) is 2.59. The molecule has 0 saturated carbocycles. The van der Waals surface area contributed by atoms with Crippen molar-refractivity contribution in [2.24, 2.45) is 0 Å². The molecule has 1 heterocycles. The first kappa shape index (κ1) is 20.8. The number of unbranched alkanes of at least 4 members (excludes halogenated alkanes) is 2. The summed E-state index contributed by atoms with van der Waals surface area (Å²) in [5.41, 5.74) is 0. The van der Waals surface area contributed by atoms with Crippen molar-refractivity contribution in [3.05, 3.63) is 12.3 Å². The van der Waals surface area contributed by atoms with E-state index in [1.807, 2.05) is 4.90 Å². The number of aliphatic hydroxyl groups is 1. The number of rotatable bonds is 13. The fourth-order valence-corrected chi connectivity index (χ4v) is 3.79. The molecule has 138 valence electrons. The van der Waals surface area contributed by atoms with Crippen LogP contribution in [0, 0.1) is 0 Å². The zero-order valence-corrected chi connectivity index (χ0v) is 15.2. The first-order valence-electron chi connectivity index (χ1n) is 8.62. The van der Waals surface area contributed by atoms with Crippen molar-refractivity contribution in [1.29, 1.82) is 0 Å². The lowest BCUT2D eigenvalue weighted by Crippen LogP contribution is -2.34. The van der Waals surface area contributed by atoms with Crippen molar-refractivity contribution in [1.82, 2.24) is 4.90 Å². The van der Waals surface area contributed by atoms with Gasteiger partial charge in [-0.1, -0.05) is 26.2 Å². The Morgan fingerprint density at radius 1 is 1.46 bits per heavy atom. The van der Waals surface area contributed by atoms with Crippen LogP contribution < -0.4 is 0 Å². The van der Waals surface area contributed by atoms with Gasteiger partial charge in [0.25, 0.3) is 0 Å². The van der Waals surface area contributed by atoms with E-state index in [0.29, 0.717) is 18.7 Å². The minimum atomic E-state index is -1.01. The van der Waals surface area contributed by atoms with Crippen molar-refractivity contribution in [3.8, 4) is 0 Å². The maximum absolute atomic E-state index is 12.0. The highest BCUT2D eigenvalue weighted by atomic mass is 32.2. The number of thioether (sulfide) groups is 1. The Kier molecular flexibility index (Phi) is 10.6. The summed E-state index contributed by atoms with van der Waals surface area (Å²) in [7, 11) is 0. The van der Waals surface area contributed by atoms with Crippen LogP contribution in [-0.4, -0.2) is 57.4 Å². The van der Waals surface area contributed by atoms with E-state index in [0.717, 1.165) is 38.5 Å². The van der Waals surface area contributed by atoms with Gasteiger partial charge in [-0.25, -0.2) is 4.79 Å². The molecule has 0 aliphatic carbocycles. The molecule has 0 spiro atoms. The number of carbonyl (C=O) groups excluding carboxylic acids is 1. The van der Waals surface area contributed by atoms with Gasteiger partial charge >= 0.3 is 5.97 Å². The van der Waals surface area contributed by atoms with Crippen LogP contribution in [0.25, 0.3) is 0 Å². The third-order valence-corrected chi connectivity index (χ3v) is 5.18. The topological polar surface area (TPSA) is 87.1 Å². The van der Waals surface area contributed by atoms with Gasteiger partial charge < -0.3 is 19.8 Å². The Hall–Kier alpha value is -1.21. The van der Waals surface area contributed by atoms with Crippen LogP contribution in [0.15, 0.2) is 12.3 Å².